The number of fused-ring (bicyclic) bond motifs is 1. The van der Waals surface area contributed by atoms with Crippen molar-refractivity contribution in [1.29, 1.82) is 0 Å². The predicted molar refractivity (Wildman–Crippen MR) is 121 cm³/mol. The molecule has 2 aromatic carbocycles. The van der Waals surface area contributed by atoms with Gasteiger partial charge in [-0.15, -0.1) is 0 Å². The minimum absolute atomic E-state index is 0.300. The van der Waals surface area contributed by atoms with Gasteiger partial charge in [0.25, 0.3) is 5.91 Å². The number of hydrogen-bond donors (Lipinski definition) is 2. The van der Waals surface area contributed by atoms with Gasteiger partial charge >= 0.3 is 0 Å². The van der Waals surface area contributed by atoms with Crippen molar-refractivity contribution in [3.05, 3.63) is 78.6 Å². The van der Waals surface area contributed by atoms with Gasteiger partial charge in [-0.25, -0.2) is 9.97 Å². The minimum Gasteiger partial charge on any atom is -0.370 e. The number of nitrogens with zero attached hydrogens (tertiary/aromatic N) is 3. The maximum absolute atomic E-state index is 13.1. The van der Waals surface area contributed by atoms with Crippen LogP contribution in [0.1, 0.15) is 30.3 Å². The molecule has 2 heterocycles. The predicted octanol–water partition coefficient (Wildman–Crippen LogP) is 5.16. The maximum Gasteiger partial charge on any atom is 0.274 e. The van der Waals surface area contributed by atoms with Crippen molar-refractivity contribution in [3.8, 4) is 11.4 Å². The van der Waals surface area contributed by atoms with Gasteiger partial charge in [-0.1, -0.05) is 61.9 Å². The first-order valence-electron chi connectivity index (χ1n) is 10.1. The monoisotopic (exact) mass is 397 g/mol. The Hall–Kier alpha value is -3.80. The van der Waals surface area contributed by atoms with Crippen molar-refractivity contribution in [1.82, 2.24) is 15.0 Å². The molecule has 0 atom stereocenters. The lowest BCUT2D eigenvalue weighted by Gasteiger charge is -2.11. The average Bonchev–Trinajstić information content (AvgIpc) is 2.80. The molecule has 0 fully saturated rings. The smallest absolute Gasteiger partial charge is 0.274 e. The summed E-state index contributed by atoms with van der Waals surface area (Å²) in [6, 6.07) is 20.9. The summed E-state index contributed by atoms with van der Waals surface area (Å²) < 4.78 is 0. The summed E-state index contributed by atoms with van der Waals surface area (Å²) in [5.41, 5.74) is 2.55. The SMILES string of the molecule is CCCCNc1cc(C(=O)Nc2cccc3cccnc23)nc(-c2ccccc2)n1. The van der Waals surface area contributed by atoms with Gasteiger partial charge < -0.3 is 10.6 Å². The largest absolute Gasteiger partial charge is 0.370 e. The van der Waals surface area contributed by atoms with Crippen molar-refractivity contribution < 1.29 is 4.79 Å². The molecule has 0 aliphatic heterocycles. The second kappa shape index (κ2) is 9.13. The number of rotatable bonds is 7. The second-order valence-electron chi connectivity index (χ2n) is 6.94. The molecule has 0 unspecified atom stereocenters. The molecule has 0 saturated carbocycles. The van der Waals surface area contributed by atoms with Gasteiger partial charge in [0.1, 0.15) is 11.5 Å². The van der Waals surface area contributed by atoms with Crippen molar-refractivity contribution >= 4 is 28.3 Å². The van der Waals surface area contributed by atoms with Crippen LogP contribution in [0.4, 0.5) is 11.5 Å². The third-order valence-electron chi connectivity index (χ3n) is 4.71. The van der Waals surface area contributed by atoms with E-state index in [0.717, 1.165) is 35.9 Å². The van der Waals surface area contributed by atoms with Gasteiger partial charge in [0.15, 0.2) is 5.82 Å². The van der Waals surface area contributed by atoms with E-state index in [1.807, 2.05) is 60.7 Å². The Morgan fingerprint density at radius 1 is 0.967 bits per heavy atom. The topological polar surface area (TPSA) is 79.8 Å². The summed E-state index contributed by atoms with van der Waals surface area (Å²) in [5.74, 6) is 0.850. The van der Waals surface area contributed by atoms with Crippen LogP contribution >= 0.6 is 0 Å². The molecule has 6 nitrogen and oxygen atoms in total. The van der Waals surface area contributed by atoms with Crippen molar-refractivity contribution in [2.24, 2.45) is 0 Å². The number of nitrogens with one attached hydrogen (secondary N) is 2. The number of unbranched alkanes of at least 4 members (excludes halogenated alkanes) is 1. The fourth-order valence-corrected chi connectivity index (χ4v) is 3.16. The highest BCUT2D eigenvalue weighted by atomic mass is 16.1. The molecule has 1 amide bonds. The van der Waals surface area contributed by atoms with Crippen molar-refractivity contribution in [2.45, 2.75) is 19.8 Å². The van der Waals surface area contributed by atoms with Gasteiger partial charge in [-0.05, 0) is 18.6 Å². The highest BCUT2D eigenvalue weighted by Crippen LogP contribution is 2.22. The molecule has 0 spiro atoms. The summed E-state index contributed by atoms with van der Waals surface area (Å²) >= 11 is 0. The van der Waals surface area contributed by atoms with Crippen LogP contribution in [0.3, 0.4) is 0 Å². The maximum atomic E-state index is 13.1. The Bertz CT molecular complexity index is 1160. The highest BCUT2D eigenvalue weighted by Gasteiger charge is 2.15. The van der Waals surface area contributed by atoms with E-state index in [4.69, 9.17) is 0 Å². The van der Waals surface area contributed by atoms with Crippen LogP contribution in [-0.2, 0) is 0 Å². The molecule has 0 saturated heterocycles. The van der Waals surface area contributed by atoms with Crippen LogP contribution in [-0.4, -0.2) is 27.4 Å². The number of aromatic nitrogens is 3. The Balaban J connectivity index is 1.67. The zero-order valence-electron chi connectivity index (χ0n) is 16.8. The Kier molecular flexibility index (Phi) is 5.94. The average molecular weight is 397 g/mol. The van der Waals surface area contributed by atoms with Crippen molar-refractivity contribution in [3.63, 3.8) is 0 Å². The number of carbonyl (C=O) groups excluding carboxylic acids is 1. The number of anilines is 2. The molecule has 4 rings (SSSR count). The number of carbonyl (C=O) groups is 1. The van der Waals surface area contributed by atoms with Crippen LogP contribution in [0, 0.1) is 0 Å². The summed E-state index contributed by atoms with van der Waals surface area (Å²) in [4.78, 5) is 26.6. The normalized spacial score (nSPS) is 10.7. The van der Waals surface area contributed by atoms with Crippen LogP contribution in [0.2, 0.25) is 0 Å². The van der Waals surface area contributed by atoms with E-state index in [-0.39, 0.29) is 5.91 Å². The molecular weight excluding hydrogens is 374 g/mol. The van der Waals surface area contributed by atoms with Gasteiger partial charge in [0.05, 0.1) is 11.2 Å². The molecule has 6 heteroatoms. The molecule has 0 bridgehead atoms. The van der Waals surface area contributed by atoms with E-state index >= 15 is 0 Å². The van der Waals surface area contributed by atoms with E-state index < -0.39 is 0 Å². The molecule has 0 radical (unpaired) electrons. The van der Waals surface area contributed by atoms with Gasteiger partial charge in [0, 0.05) is 29.8 Å². The molecule has 2 N–H and O–H groups in total. The molecule has 0 aliphatic carbocycles. The summed E-state index contributed by atoms with van der Waals surface area (Å²) in [5, 5.41) is 7.22. The highest BCUT2D eigenvalue weighted by molar-refractivity contribution is 6.07. The standard InChI is InChI=1S/C24H23N5O/c1-2-3-14-25-21-16-20(27-23(29-21)18-9-5-4-6-10-18)24(30)28-19-13-7-11-17-12-8-15-26-22(17)19/h4-13,15-16H,2-3,14H2,1H3,(H,28,30)(H,25,27,29). The third kappa shape index (κ3) is 4.43. The van der Waals surface area contributed by atoms with Crippen LogP contribution in [0.15, 0.2) is 72.9 Å². The molecule has 30 heavy (non-hydrogen) atoms. The van der Waals surface area contributed by atoms with E-state index in [1.54, 1.807) is 12.3 Å². The Morgan fingerprint density at radius 2 is 1.80 bits per heavy atom. The van der Waals surface area contributed by atoms with Crippen LogP contribution < -0.4 is 10.6 Å². The lowest BCUT2D eigenvalue weighted by Crippen LogP contribution is -2.16. The second-order valence-corrected chi connectivity index (χ2v) is 6.94. The molecule has 0 aliphatic rings. The number of pyridine rings is 1. The number of hydrogen-bond acceptors (Lipinski definition) is 5. The van der Waals surface area contributed by atoms with Gasteiger partial charge in [0.2, 0.25) is 0 Å². The first kappa shape index (κ1) is 19.5. The van der Waals surface area contributed by atoms with E-state index in [9.17, 15) is 4.79 Å². The van der Waals surface area contributed by atoms with Crippen molar-refractivity contribution in [2.75, 3.05) is 17.2 Å². The third-order valence-corrected chi connectivity index (χ3v) is 4.71. The van der Waals surface area contributed by atoms with Crippen LogP contribution in [0.25, 0.3) is 22.3 Å². The first-order chi connectivity index (χ1) is 14.7. The summed E-state index contributed by atoms with van der Waals surface area (Å²) in [6.45, 7) is 2.92. The summed E-state index contributed by atoms with van der Waals surface area (Å²) in [7, 11) is 0. The van der Waals surface area contributed by atoms with Crippen LogP contribution in [0.5, 0.6) is 0 Å². The zero-order chi connectivity index (χ0) is 20.8. The molecular formula is C24H23N5O. The van der Waals surface area contributed by atoms with E-state index in [1.165, 1.54) is 0 Å². The lowest BCUT2D eigenvalue weighted by molar-refractivity contribution is 0.102. The molecule has 4 aromatic rings. The fourth-order valence-electron chi connectivity index (χ4n) is 3.16. The van der Waals surface area contributed by atoms with Gasteiger partial charge in [-0.2, -0.15) is 0 Å². The number of benzene rings is 2. The number of para-hydroxylation sites is 1. The fraction of sp³-hybridized carbons (Fsp3) is 0.167. The first-order valence-corrected chi connectivity index (χ1v) is 10.1. The lowest BCUT2D eigenvalue weighted by atomic mass is 10.2. The Morgan fingerprint density at radius 3 is 2.63 bits per heavy atom. The van der Waals surface area contributed by atoms with E-state index in [0.29, 0.717) is 23.0 Å². The van der Waals surface area contributed by atoms with Gasteiger partial charge in [-0.3, -0.25) is 9.78 Å². The molecule has 2 aromatic heterocycles. The Labute approximate surface area is 175 Å². The quantitative estimate of drug-likeness (QED) is 0.421. The zero-order valence-corrected chi connectivity index (χ0v) is 16.8. The minimum atomic E-state index is -0.300. The molecule has 150 valence electrons. The summed E-state index contributed by atoms with van der Waals surface area (Å²) in [6.07, 6.45) is 3.81. The number of amides is 1. The van der Waals surface area contributed by atoms with E-state index in [2.05, 4.69) is 32.5 Å².